The first kappa shape index (κ1) is 10.6. The smallest absolute Gasteiger partial charge is 0.225 e. The number of hydrogen-bond donors (Lipinski definition) is 1. The number of halogens is 1. The van der Waals surface area contributed by atoms with Crippen LogP contribution in [0.4, 0.5) is 5.95 Å². The Kier molecular flexibility index (Phi) is 3.07. The van der Waals surface area contributed by atoms with Crippen LogP contribution in [0.25, 0.3) is 0 Å². The first-order chi connectivity index (χ1) is 7.20. The van der Waals surface area contributed by atoms with Crippen LogP contribution in [0.1, 0.15) is 13.3 Å². The fourth-order valence-corrected chi connectivity index (χ4v) is 2.14. The molecule has 1 saturated heterocycles. The monoisotopic (exact) mass is 226 g/mol. The summed E-state index contributed by atoms with van der Waals surface area (Å²) in [6.45, 7) is 3.85. The van der Waals surface area contributed by atoms with Gasteiger partial charge in [-0.2, -0.15) is 0 Å². The zero-order chi connectivity index (χ0) is 10.8. The summed E-state index contributed by atoms with van der Waals surface area (Å²) in [6, 6.07) is 0.458. The van der Waals surface area contributed by atoms with Crippen molar-refractivity contribution < 1.29 is 0 Å². The van der Waals surface area contributed by atoms with E-state index in [0.717, 1.165) is 25.5 Å². The van der Waals surface area contributed by atoms with Gasteiger partial charge in [0.2, 0.25) is 5.95 Å². The second kappa shape index (κ2) is 4.33. The minimum atomic E-state index is 0.458. The molecule has 0 aliphatic carbocycles. The molecule has 0 radical (unpaired) electrons. The Morgan fingerprint density at radius 3 is 2.73 bits per heavy atom. The Hall–Kier alpha value is -0.870. The number of nitrogens with zero attached hydrogens (tertiary/aromatic N) is 3. The van der Waals surface area contributed by atoms with Crippen LogP contribution in [0, 0.1) is 5.92 Å². The Balaban J connectivity index is 2.14. The standard InChI is InChI=1S/C10H15ClN4/c1-7-2-8(3-12)6-15(7)10-13-4-9(11)5-14-10/h4-5,7-8H,2-3,6,12H2,1H3. The summed E-state index contributed by atoms with van der Waals surface area (Å²) in [5.74, 6) is 1.31. The van der Waals surface area contributed by atoms with Crippen LogP contribution in [0.15, 0.2) is 12.4 Å². The summed E-state index contributed by atoms with van der Waals surface area (Å²) in [6.07, 6.45) is 4.38. The van der Waals surface area contributed by atoms with Gasteiger partial charge in [0.05, 0.1) is 17.4 Å². The topological polar surface area (TPSA) is 55.0 Å². The molecule has 1 aromatic rings. The van der Waals surface area contributed by atoms with E-state index in [1.54, 1.807) is 12.4 Å². The molecule has 0 bridgehead atoms. The number of rotatable bonds is 2. The number of aromatic nitrogens is 2. The zero-order valence-electron chi connectivity index (χ0n) is 8.73. The minimum absolute atomic E-state index is 0.458. The van der Waals surface area contributed by atoms with Gasteiger partial charge in [-0.15, -0.1) is 0 Å². The van der Waals surface area contributed by atoms with Gasteiger partial charge >= 0.3 is 0 Å². The fraction of sp³-hybridized carbons (Fsp3) is 0.600. The Morgan fingerprint density at radius 2 is 2.20 bits per heavy atom. The Morgan fingerprint density at radius 1 is 1.53 bits per heavy atom. The predicted molar refractivity (Wildman–Crippen MR) is 61.0 cm³/mol. The quantitative estimate of drug-likeness (QED) is 0.826. The maximum Gasteiger partial charge on any atom is 0.225 e. The largest absolute Gasteiger partial charge is 0.338 e. The molecule has 1 aromatic heterocycles. The summed E-state index contributed by atoms with van der Waals surface area (Å²) in [5, 5.41) is 0.570. The second-order valence-electron chi connectivity index (χ2n) is 4.04. The third-order valence-electron chi connectivity index (χ3n) is 2.86. The van der Waals surface area contributed by atoms with Crippen molar-refractivity contribution in [2.75, 3.05) is 18.0 Å². The highest BCUT2D eigenvalue weighted by molar-refractivity contribution is 6.30. The van der Waals surface area contributed by atoms with Gasteiger partial charge in [-0.3, -0.25) is 0 Å². The van der Waals surface area contributed by atoms with E-state index in [9.17, 15) is 0 Å². The Labute approximate surface area is 94.5 Å². The molecular weight excluding hydrogens is 212 g/mol. The lowest BCUT2D eigenvalue weighted by Crippen LogP contribution is -2.29. The molecule has 1 aliphatic heterocycles. The SMILES string of the molecule is CC1CC(CN)CN1c1ncc(Cl)cn1. The van der Waals surface area contributed by atoms with E-state index in [1.807, 2.05) is 0 Å². The molecule has 2 N–H and O–H groups in total. The molecule has 2 heterocycles. The molecule has 0 saturated carbocycles. The highest BCUT2D eigenvalue weighted by Gasteiger charge is 2.29. The van der Waals surface area contributed by atoms with Crippen molar-refractivity contribution in [2.24, 2.45) is 11.7 Å². The van der Waals surface area contributed by atoms with Gasteiger partial charge in [0.1, 0.15) is 0 Å². The lowest BCUT2D eigenvalue weighted by Gasteiger charge is -2.20. The zero-order valence-corrected chi connectivity index (χ0v) is 9.48. The molecular formula is C10H15ClN4. The summed E-state index contributed by atoms with van der Waals surface area (Å²) < 4.78 is 0. The molecule has 1 aliphatic rings. The highest BCUT2D eigenvalue weighted by Crippen LogP contribution is 2.25. The van der Waals surface area contributed by atoms with Crippen molar-refractivity contribution in [1.82, 2.24) is 9.97 Å². The highest BCUT2D eigenvalue weighted by atomic mass is 35.5. The van der Waals surface area contributed by atoms with Crippen LogP contribution in [0.5, 0.6) is 0 Å². The predicted octanol–water partition coefficient (Wildman–Crippen LogP) is 1.30. The van der Waals surface area contributed by atoms with E-state index in [4.69, 9.17) is 17.3 Å². The molecule has 1 fully saturated rings. The Bertz CT molecular complexity index is 327. The molecule has 5 heteroatoms. The molecule has 0 spiro atoms. The molecule has 2 rings (SSSR count). The first-order valence-electron chi connectivity index (χ1n) is 5.15. The number of hydrogen-bond acceptors (Lipinski definition) is 4. The minimum Gasteiger partial charge on any atom is -0.338 e. The van der Waals surface area contributed by atoms with Crippen LogP contribution < -0.4 is 10.6 Å². The van der Waals surface area contributed by atoms with Crippen LogP contribution in [0.3, 0.4) is 0 Å². The first-order valence-corrected chi connectivity index (χ1v) is 5.52. The van der Waals surface area contributed by atoms with E-state index in [1.165, 1.54) is 0 Å². The van der Waals surface area contributed by atoms with Crippen LogP contribution in [-0.4, -0.2) is 29.1 Å². The summed E-state index contributed by atoms with van der Waals surface area (Å²) in [4.78, 5) is 10.6. The molecule has 0 aromatic carbocycles. The molecule has 2 atom stereocenters. The van der Waals surface area contributed by atoms with Crippen LogP contribution in [0.2, 0.25) is 5.02 Å². The van der Waals surface area contributed by atoms with Crippen molar-refractivity contribution in [1.29, 1.82) is 0 Å². The molecule has 2 unspecified atom stereocenters. The van der Waals surface area contributed by atoms with Gasteiger partial charge in [-0.05, 0) is 25.8 Å². The van der Waals surface area contributed by atoms with E-state index in [-0.39, 0.29) is 0 Å². The number of anilines is 1. The maximum absolute atomic E-state index is 5.75. The van der Waals surface area contributed by atoms with Gasteiger partial charge in [0.15, 0.2) is 0 Å². The molecule has 15 heavy (non-hydrogen) atoms. The third-order valence-corrected chi connectivity index (χ3v) is 3.05. The summed E-state index contributed by atoms with van der Waals surface area (Å²) >= 11 is 5.75. The van der Waals surface area contributed by atoms with E-state index in [0.29, 0.717) is 17.0 Å². The van der Waals surface area contributed by atoms with Crippen LogP contribution in [-0.2, 0) is 0 Å². The normalized spacial score (nSPS) is 25.9. The molecule has 82 valence electrons. The third kappa shape index (κ3) is 2.21. The number of nitrogens with two attached hydrogens (primary N) is 1. The van der Waals surface area contributed by atoms with Crippen molar-refractivity contribution in [2.45, 2.75) is 19.4 Å². The van der Waals surface area contributed by atoms with Crippen LogP contribution >= 0.6 is 11.6 Å². The molecule has 0 amide bonds. The second-order valence-corrected chi connectivity index (χ2v) is 4.48. The van der Waals surface area contributed by atoms with Crippen molar-refractivity contribution in [3.63, 3.8) is 0 Å². The maximum atomic E-state index is 5.75. The van der Waals surface area contributed by atoms with Gasteiger partial charge in [-0.1, -0.05) is 11.6 Å². The summed E-state index contributed by atoms with van der Waals surface area (Å²) in [5.41, 5.74) is 5.67. The average Bonchev–Trinajstić information content (AvgIpc) is 2.61. The van der Waals surface area contributed by atoms with E-state index in [2.05, 4.69) is 21.8 Å². The van der Waals surface area contributed by atoms with Gasteiger partial charge in [-0.25, -0.2) is 9.97 Å². The van der Waals surface area contributed by atoms with Crippen molar-refractivity contribution in [3.05, 3.63) is 17.4 Å². The van der Waals surface area contributed by atoms with Gasteiger partial charge in [0, 0.05) is 12.6 Å². The van der Waals surface area contributed by atoms with Gasteiger partial charge < -0.3 is 10.6 Å². The average molecular weight is 227 g/mol. The van der Waals surface area contributed by atoms with Gasteiger partial charge in [0.25, 0.3) is 0 Å². The summed E-state index contributed by atoms with van der Waals surface area (Å²) in [7, 11) is 0. The molecule has 4 nitrogen and oxygen atoms in total. The van der Waals surface area contributed by atoms with E-state index >= 15 is 0 Å². The van der Waals surface area contributed by atoms with E-state index < -0.39 is 0 Å². The van der Waals surface area contributed by atoms with Crippen molar-refractivity contribution >= 4 is 17.5 Å². The lowest BCUT2D eigenvalue weighted by atomic mass is 10.1. The lowest BCUT2D eigenvalue weighted by molar-refractivity contribution is 0.579. The van der Waals surface area contributed by atoms with Crippen molar-refractivity contribution in [3.8, 4) is 0 Å². The fourth-order valence-electron chi connectivity index (χ4n) is 2.05.